The molecule has 0 radical (unpaired) electrons. The van der Waals surface area contributed by atoms with Gasteiger partial charge >= 0.3 is 0 Å². The van der Waals surface area contributed by atoms with Gasteiger partial charge in [0.15, 0.2) is 11.5 Å². The van der Waals surface area contributed by atoms with Gasteiger partial charge in [-0.15, -0.1) is 5.10 Å². The minimum atomic E-state index is -0.554. The van der Waals surface area contributed by atoms with Gasteiger partial charge in [0.05, 0.1) is 12.7 Å². The fourth-order valence-corrected chi connectivity index (χ4v) is 5.75. The molecule has 1 aromatic heterocycles. The fourth-order valence-electron chi connectivity index (χ4n) is 4.88. The Morgan fingerprint density at radius 3 is 2.64 bits per heavy atom. The molecular weight excluding hydrogens is 570 g/mol. The molecule has 1 amide bonds. The SMILES string of the molecule is CCCSc1nc2n(n1)C(c1ccc(OCc3ccccc3Cl)c(OC)c1)C(C(=O)Nc1ccc(C)cc1C)=C(C)N2. The Morgan fingerprint density at radius 2 is 1.90 bits per heavy atom. The number of halogens is 1. The second kappa shape index (κ2) is 12.9. The molecule has 0 aliphatic carbocycles. The van der Waals surface area contributed by atoms with E-state index < -0.39 is 6.04 Å². The molecule has 5 rings (SSSR count). The molecule has 0 spiro atoms. The van der Waals surface area contributed by atoms with Crippen molar-refractivity contribution in [2.75, 3.05) is 23.5 Å². The lowest BCUT2D eigenvalue weighted by atomic mass is 9.94. The predicted molar refractivity (Wildman–Crippen MR) is 169 cm³/mol. The Bertz CT molecular complexity index is 1650. The van der Waals surface area contributed by atoms with Crippen LogP contribution in [0.3, 0.4) is 0 Å². The maximum Gasteiger partial charge on any atom is 0.255 e. The van der Waals surface area contributed by atoms with Crippen LogP contribution in [0.1, 0.15) is 48.6 Å². The van der Waals surface area contributed by atoms with E-state index in [9.17, 15) is 4.79 Å². The lowest BCUT2D eigenvalue weighted by Crippen LogP contribution is -2.31. The van der Waals surface area contributed by atoms with E-state index in [0.717, 1.165) is 40.1 Å². The summed E-state index contributed by atoms with van der Waals surface area (Å²) in [6.45, 7) is 8.31. The standard InChI is InChI=1S/C32H34ClN5O3S/c1-6-15-42-32-36-31-34-21(4)28(30(39)35-25-13-11-19(2)16-20(25)3)29(38(31)37-32)22-12-14-26(27(17-22)40-5)41-18-23-9-7-8-10-24(23)33/h7-14,16-17,29H,6,15,18H2,1-5H3,(H,35,39)(H,34,36,37). The van der Waals surface area contributed by atoms with Gasteiger partial charge in [-0.1, -0.05) is 72.2 Å². The zero-order valence-corrected chi connectivity index (χ0v) is 25.9. The molecule has 218 valence electrons. The van der Waals surface area contributed by atoms with Gasteiger partial charge in [-0.3, -0.25) is 4.79 Å². The number of hydrogen-bond donors (Lipinski definition) is 2. The molecule has 8 nitrogen and oxygen atoms in total. The van der Waals surface area contributed by atoms with E-state index in [1.807, 2.05) is 81.4 Å². The maximum atomic E-state index is 14.0. The van der Waals surface area contributed by atoms with Crippen molar-refractivity contribution >= 4 is 40.9 Å². The molecule has 0 bridgehead atoms. The fraction of sp³-hybridized carbons (Fsp3) is 0.281. The number of aryl methyl sites for hydroxylation is 2. The summed E-state index contributed by atoms with van der Waals surface area (Å²) in [6, 6.07) is 18.6. The van der Waals surface area contributed by atoms with Gasteiger partial charge in [0, 0.05) is 27.7 Å². The number of nitrogens with zero attached hydrogens (tertiary/aromatic N) is 3. The predicted octanol–water partition coefficient (Wildman–Crippen LogP) is 7.57. The van der Waals surface area contributed by atoms with Crippen LogP contribution in [-0.4, -0.2) is 33.5 Å². The van der Waals surface area contributed by atoms with Crippen LogP contribution in [0.25, 0.3) is 0 Å². The summed E-state index contributed by atoms with van der Waals surface area (Å²) in [5.41, 5.74) is 5.79. The monoisotopic (exact) mass is 603 g/mol. The van der Waals surface area contributed by atoms with Crippen LogP contribution in [0.15, 0.2) is 77.1 Å². The van der Waals surface area contributed by atoms with E-state index in [4.69, 9.17) is 31.2 Å². The van der Waals surface area contributed by atoms with E-state index in [1.165, 1.54) is 0 Å². The van der Waals surface area contributed by atoms with Crippen LogP contribution in [0, 0.1) is 13.8 Å². The van der Waals surface area contributed by atoms with Crippen molar-refractivity contribution in [3.8, 4) is 11.5 Å². The van der Waals surface area contributed by atoms with Crippen LogP contribution in [-0.2, 0) is 11.4 Å². The van der Waals surface area contributed by atoms with Crippen LogP contribution in [0.5, 0.6) is 11.5 Å². The first-order chi connectivity index (χ1) is 20.3. The first-order valence-electron chi connectivity index (χ1n) is 13.8. The van der Waals surface area contributed by atoms with Gasteiger partial charge in [0.25, 0.3) is 5.91 Å². The van der Waals surface area contributed by atoms with E-state index in [2.05, 4.69) is 17.6 Å². The molecule has 2 heterocycles. The van der Waals surface area contributed by atoms with Crippen molar-refractivity contribution < 1.29 is 14.3 Å². The molecule has 1 aliphatic rings. The number of fused-ring (bicyclic) bond motifs is 1. The normalized spacial score (nSPS) is 14.3. The molecule has 1 aliphatic heterocycles. The number of anilines is 2. The Hall–Kier alpha value is -3.95. The number of benzene rings is 3. The number of amides is 1. The highest BCUT2D eigenvalue weighted by molar-refractivity contribution is 7.99. The largest absolute Gasteiger partial charge is 0.493 e. The lowest BCUT2D eigenvalue weighted by Gasteiger charge is -2.29. The molecule has 10 heteroatoms. The molecule has 4 aromatic rings. The highest BCUT2D eigenvalue weighted by atomic mass is 35.5. The minimum Gasteiger partial charge on any atom is -0.493 e. The average molecular weight is 604 g/mol. The number of nitrogens with one attached hydrogen (secondary N) is 2. The quantitative estimate of drug-likeness (QED) is 0.181. The number of allylic oxidation sites excluding steroid dienone is 1. The highest BCUT2D eigenvalue weighted by Crippen LogP contribution is 2.40. The third-order valence-corrected chi connectivity index (χ3v) is 8.40. The smallest absolute Gasteiger partial charge is 0.255 e. The van der Waals surface area contributed by atoms with E-state index in [-0.39, 0.29) is 12.5 Å². The summed E-state index contributed by atoms with van der Waals surface area (Å²) in [5.74, 6) is 2.35. The first-order valence-corrected chi connectivity index (χ1v) is 15.1. The zero-order chi connectivity index (χ0) is 29.8. The molecule has 1 unspecified atom stereocenters. The number of ether oxygens (including phenoxy) is 2. The van der Waals surface area contributed by atoms with Gasteiger partial charge in [-0.05, 0) is 62.6 Å². The number of hydrogen-bond acceptors (Lipinski definition) is 7. The van der Waals surface area contributed by atoms with E-state index in [0.29, 0.717) is 38.9 Å². The Labute approximate surface area is 255 Å². The second-order valence-electron chi connectivity index (χ2n) is 10.1. The average Bonchev–Trinajstić information content (AvgIpc) is 3.38. The molecule has 1 atom stereocenters. The number of carbonyl (C=O) groups excluding carboxylic acids is 1. The second-order valence-corrected chi connectivity index (χ2v) is 11.6. The molecule has 2 N–H and O–H groups in total. The van der Waals surface area contributed by atoms with Crippen LogP contribution in [0.4, 0.5) is 11.6 Å². The van der Waals surface area contributed by atoms with Crippen molar-refractivity contribution in [2.45, 2.75) is 51.9 Å². The first kappa shape index (κ1) is 29.5. The van der Waals surface area contributed by atoms with Gasteiger partial charge in [0.1, 0.15) is 12.6 Å². The molecule has 3 aromatic carbocycles. The molecule has 42 heavy (non-hydrogen) atoms. The van der Waals surface area contributed by atoms with Crippen LogP contribution in [0.2, 0.25) is 5.02 Å². The number of carbonyl (C=O) groups is 1. The Morgan fingerprint density at radius 1 is 1.10 bits per heavy atom. The molecule has 0 saturated carbocycles. The lowest BCUT2D eigenvalue weighted by molar-refractivity contribution is -0.113. The third-order valence-electron chi connectivity index (χ3n) is 6.99. The van der Waals surface area contributed by atoms with Crippen molar-refractivity contribution in [1.29, 1.82) is 0 Å². The number of thioether (sulfide) groups is 1. The molecular formula is C32H34ClN5O3S. The summed E-state index contributed by atoms with van der Waals surface area (Å²) >= 11 is 7.92. The van der Waals surface area contributed by atoms with Gasteiger partial charge in [-0.25, -0.2) is 4.68 Å². The summed E-state index contributed by atoms with van der Waals surface area (Å²) in [5, 5.41) is 12.5. The van der Waals surface area contributed by atoms with Gasteiger partial charge in [-0.2, -0.15) is 4.98 Å². The minimum absolute atomic E-state index is 0.223. The zero-order valence-electron chi connectivity index (χ0n) is 24.3. The van der Waals surface area contributed by atoms with Gasteiger partial charge < -0.3 is 20.1 Å². The van der Waals surface area contributed by atoms with Crippen LogP contribution < -0.4 is 20.1 Å². The van der Waals surface area contributed by atoms with Crippen LogP contribution >= 0.6 is 23.4 Å². The number of rotatable bonds is 10. The molecule has 0 fully saturated rings. The van der Waals surface area contributed by atoms with E-state index >= 15 is 0 Å². The highest BCUT2D eigenvalue weighted by Gasteiger charge is 2.35. The maximum absolute atomic E-state index is 14.0. The van der Waals surface area contributed by atoms with Crippen molar-refractivity contribution in [3.63, 3.8) is 0 Å². The summed E-state index contributed by atoms with van der Waals surface area (Å²) < 4.78 is 13.6. The summed E-state index contributed by atoms with van der Waals surface area (Å²) in [7, 11) is 1.60. The Kier molecular flexibility index (Phi) is 9.09. The topological polar surface area (TPSA) is 90.3 Å². The summed E-state index contributed by atoms with van der Waals surface area (Å²) in [4.78, 5) is 18.7. The van der Waals surface area contributed by atoms with E-state index in [1.54, 1.807) is 23.6 Å². The number of methoxy groups -OCH3 is 1. The van der Waals surface area contributed by atoms with Crippen molar-refractivity contribution in [3.05, 3.63) is 99.2 Å². The number of aromatic nitrogens is 3. The van der Waals surface area contributed by atoms with Crippen molar-refractivity contribution in [1.82, 2.24) is 14.8 Å². The third kappa shape index (κ3) is 6.27. The van der Waals surface area contributed by atoms with Crippen molar-refractivity contribution in [2.24, 2.45) is 0 Å². The van der Waals surface area contributed by atoms with Gasteiger partial charge in [0.2, 0.25) is 11.1 Å². The molecule has 0 saturated heterocycles. The Balaban J connectivity index is 1.52. The summed E-state index contributed by atoms with van der Waals surface area (Å²) in [6.07, 6.45) is 0.999.